The van der Waals surface area contributed by atoms with Crippen LogP contribution in [0.2, 0.25) is 0 Å². The number of nitrogens with one attached hydrogen (secondary N) is 2. The number of carbonyl (C=O) groups is 1. The summed E-state index contributed by atoms with van der Waals surface area (Å²) in [6.07, 6.45) is 0. The van der Waals surface area contributed by atoms with Gasteiger partial charge in [-0.05, 0) is 31.9 Å². The third kappa shape index (κ3) is 4.77. The molecule has 1 aromatic heterocycles. The fourth-order valence-corrected chi connectivity index (χ4v) is 1.76. The molecule has 0 aliphatic heterocycles. The summed E-state index contributed by atoms with van der Waals surface area (Å²) in [5, 5.41) is 5.94. The molecule has 0 aliphatic rings. The molecule has 4 N–H and O–H groups in total. The van der Waals surface area contributed by atoms with Crippen LogP contribution in [0.5, 0.6) is 0 Å². The van der Waals surface area contributed by atoms with Crippen molar-refractivity contribution in [2.75, 3.05) is 11.9 Å². The van der Waals surface area contributed by atoms with E-state index in [9.17, 15) is 4.79 Å². The highest BCUT2D eigenvalue weighted by atomic mass is 32.1. The van der Waals surface area contributed by atoms with Gasteiger partial charge in [0.2, 0.25) is 5.91 Å². The summed E-state index contributed by atoms with van der Waals surface area (Å²) in [5.41, 5.74) is 7.15. The smallest absolute Gasteiger partial charge is 0.242 e. The van der Waals surface area contributed by atoms with E-state index in [1.165, 1.54) is 0 Å². The fourth-order valence-electron chi connectivity index (χ4n) is 1.59. The van der Waals surface area contributed by atoms with Crippen molar-refractivity contribution < 1.29 is 4.79 Å². The number of hydrogen-bond donors (Lipinski definition) is 3. The summed E-state index contributed by atoms with van der Waals surface area (Å²) in [7, 11) is 0. The minimum absolute atomic E-state index is 0.0732. The molecule has 0 saturated heterocycles. The number of aromatic nitrogens is 1. The van der Waals surface area contributed by atoms with E-state index >= 15 is 0 Å². The molecular formula is C14H22N4OS. The molecule has 1 amide bonds. The van der Waals surface area contributed by atoms with Gasteiger partial charge in [-0.1, -0.05) is 26.1 Å². The second-order valence-corrected chi connectivity index (χ2v) is 5.66. The Morgan fingerprint density at radius 1 is 1.40 bits per heavy atom. The van der Waals surface area contributed by atoms with E-state index in [1.54, 1.807) is 6.92 Å². The van der Waals surface area contributed by atoms with Crippen molar-refractivity contribution in [2.24, 2.45) is 11.7 Å². The van der Waals surface area contributed by atoms with E-state index in [0.717, 1.165) is 5.69 Å². The van der Waals surface area contributed by atoms with Crippen LogP contribution in [0.4, 0.5) is 5.82 Å². The van der Waals surface area contributed by atoms with E-state index in [4.69, 9.17) is 18.0 Å². The molecule has 0 saturated carbocycles. The second kappa shape index (κ2) is 7.19. The predicted molar refractivity (Wildman–Crippen MR) is 85.8 cm³/mol. The Labute approximate surface area is 125 Å². The number of hydrogen-bond acceptors (Lipinski definition) is 4. The monoisotopic (exact) mass is 294 g/mol. The van der Waals surface area contributed by atoms with Gasteiger partial charge in [-0.25, -0.2) is 4.98 Å². The Kier molecular flexibility index (Phi) is 5.88. The van der Waals surface area contributed by atoms with Crippen LogP contribution in [0, 0.1) is 12.8 Å². The second-order valence-electron chi connectivity index (χ2n) is 5.22. The quantitative estimate of drug-likeness (QED) is 0.694. The van der Waals surface area contributed by atoms with Crippen LogP contribution in [-0.4, -0.2) is 28.5 Å². The first-order valence-corrected chi connectivity index (χ1v) is 7.03. The largest absolute Gasteiger partial charge is 0.389 e. The lowest BCUT2D eigenvalue weighted by molar-refractivity contribution is -0.121. The SMILES string of the molecule is Cc1ccc(C(N)=S)c(NC(C)C(=O)NCC(C)C)n1. The standard InChI is InChI=1S/C14H22N4OS/c1-8(2)7-16-14(19)10(4)18-13-11(12(15)20)6-5-9(3)17-13/h5-6,8,10H,7H2,1-4H3,(H2,15,20)(H,16,19)(H,17,18). The maximum absolute atomic E-state index is 12.0. The molecule has 1 atom stereocenters. The van der Waals surface area contributed by atoms with Crippen molar-refractivity contribution in [2.45, 2.75) is 33.7 Å². The maximum Gasteiger partial charge on any atom is 0.242 e. The summed E-state index contributed by atoms with van der Waals surface area (Å²) in [6.45, 7) is 8.40. The van der Waals surface area contributed by atoms with Crippen LogP contribution in [-0.2, 0) is 4.79 Å². The van der Waals surface area contributed by atoms with Crippen LogP contribution in [0.3, 0.4) is 0 Å². The zero-order valence-corrected chi connectivity index (χ0v) is 13.2. The van der Waals surface area contributed by atoms with Gasteiger partial charge in [-0.15, -0.1) is 0 Å². The van der Waals surface area contributed by atoms with Crippen LogP contribution in [0.15, 0.2) is 12.1 Å². The van der Waals surface area contributed by atoms with Gasteiger partial charge < -0.3 is 16.4 Å². The lowest BCUT2D eigenvalue weighted by Gasteiger charge is -2.17. The third-order valence-electron chi connectivity index (χ3n) is 2.73. The number of nitrogens with two attached hydrogens (primary N) is 1. The fraction of sp³-hybridized carbons (Fsp3) is 0.500. The number of anilines is 1. The molecule has 1 heterocycles. The van der Waals surface area contributed by atoms with Gasteiger partial charge in [-0.3, -0.25) is 4.79 Å². The Morgan fingerprint density at radius 3 is 2.60 bits per heavy atom. The molecule has 1 rings (SSSR count). The summed E-state index contributed by atoms with van der Waals surface area (Å²) in [6, 6.07) is 3.24. The third-order valence-corrected chi connectivity index (χ3v) is 2.95. The number of nitrogens with zero attached hydrogens (tertiary/aromatic N) is 1. The van der Waals surface area contributed by atoms with Gasteiger partial charge in [0.05, 0.1) is 5.56 Å². The van der Waals surface area contributed by atoms with Crippen LogP contribution in [0.25, 0.3) is 0 Å². The first kappa shape index (κ1) is 16.4. The molecule has 0 radical (unpaired) electrons. The minimum Gasteiger partial charge on any atom is -0.389 e. The Morgan fingerprint density at radius 2 is 2.05 bits per heavy atom. The molecule has 0 aromatic carbocycles. The summed E-state index contributed by atoms with van der Waals surface area (Å²) >= 11 is 4.99. The first-order chi connectivity index (χ1) is 9.31. The van der Waals surface area contributed by atoms with Crippen molar-refractivity contribution in [3.8, 4) is 0 Å². The number of aryl methyl sites for hydroxylation is 1. The molecule has 0 spiro atoms. The molecular weight excluding hydrogens is 272 g/mol. The van der Waals surface area contributed by atoms with Gasteiger partial charge in [0, 0.05) is 12.2 Å². The highest BCUT2D eigenvalue weighted by Gasteiger charge is 2.16. The highest BCUT2D eigenvalue weighted by molar-refractivity contribution is 7.80. The van der Waals surface area contributed by atoms with Crippen LogP contribution in [0.1, 0.15) is 32.0 Å². The molecule has 6 heteroatoms. The van der Waals surface area contributed by atoms with E-state index in [2.05, 4.69) is 15.6 Å². The molecule has 0 bridgehead atoms. The molecule has 5 nitrogen and oxygen atoms in total. The zero-order chi connectivity index (χ0) is 15.3. The van der Waals surface area contributed by atoms with Gasteiger partial charge in [0.1, 0.15) is 16.8 Å². The van der Waals surface area contributed by atoms with E-state index < -0.39 is 6.04 Å². The maximum atomic E-state index is 12.0. The highest BCUT2D eigenvalue weighted by Crippen LogP contribution is 2.14. The molecule has 20 heavy (non-hydrogen) atoms. The number of thiocarbonyl (C=S) groups is 1. The Hall–Kier alpha value is -1.69. The summed E-state index contributed by atoms with van der Waals surface area (Å²) in [4.78, 5) is 16.6. The van der Waals surface area contributed by atoms with Gasteiger partial charge >= 0.3 is 0 Å². The molecule has 1 aromatic rings. The van der Waals surface area contributed by atoms with Crippen molar-refractivity contribution >= 4 is 28.9 Å². The molecule has 0 fully saturated rings. The van der Waals surface area contributed by atoms with Crippen LogP contribution < -0.4 is 16.4 Å². The lowest BCUT2D eigenvalue weighted by Crippen LogP contribution is -2.39. The molecule has 0 aliphatic carbocycles. The van der Waals surface area contributed by atoms with Gasteiger partial charge in [-0.2, -0.15) is 0 Å². The zero-order valence-electron chi connectivity index (χ0n) is 12.4. The average Bonchev–Trinajstić information content (AvgIpc) is 2.35. The summed E-state index contributed by atoms with van der Waals surface area (Å²) < 4.78 is 0. The van der Waals surface area contributed by atoms with Crippen molar-refractivity contribution in [3.05, 3.63) is 23.4 Å². The number of pyridine rings is 1. The van der Waals surface area contributed by atoms with Crippen LogP contribution >= 0.6 is 12.2 Å². The first-order valence-electron chi connectivity index (χ1n) is 6.63. The normalized spacial score (nSPS) is 12.1. The predicted octanol–water partition coefficient (Wildman–Crippen LogP) is 1.60. The van der Waals surface area contributed by atoms with Crippen molar-refractivity contribution in [1.29, 1.82) is 0 Å². The van der Waals surface area contributed by atoms with E-state index in [-0.39, 0.29) is 10.9 Å². The van der Waals surface area contributed by atoms with Crippen molar-refractivity contribution in [3.63, 3.8) is 0 Å². The van der Waals surface area contributed by atoms with Gasteiger partial charge in [0.25, 0.3) is 0 Å². The van der Waals surface area contributed by atoms with E-state index in [0.29, 0.717) is 23.8 Å². The summed E-state index contributed by atoms with van der Waals surface area (Å²) in [5.74, 6) is 0.885. The number of carbonyl (C=O) groups excluding carboxylic acids is 1. The van der Waals surface area contributed by atoms with Crippen molar-refractivity contribution in [1.82, 2.24) is 10.3 Å². The lowest BCUT2D eigenvalue weighted by atomic mass is 10.2. The molecule has 110 valence electrons. The number of amides is 1. The average molecular weight is 294 g/mol. The van der Waals surface area contributed by atoms with Gasteiger partial charge in [0.15, 0.2) is 0 Å². The molecule has 1 unspecified atom stereocenters. The van der Waals surface area contributed by atoms with E-state index in [1.807, 2.05) is 32.9 Å². The Bertz CT molecular complexity index is 502. The number of rotatable bonds is 6. The minimum atomic E-state index is -0.406. The topological polar surface area (TPSA) is 80.0 Å². The Balaban J connectivity index is 2.79.